The summed E-state index contributed by atoms with van der Waals surface area (Å²) >= 11 is 0. The first-order valence-corrected chi connectivity index (χ1v) is 8.84. The van der Waals surface area contributed by atoms with Gasteiger partial charge in [0.15, 0.2) is 0 Å². The molecule has 0 unspecified atom stereocenters. The molecule has 25 heavy (non-hydrogen) atoms. The normalized spacial score (nSPS) is 23.3. The van der Waals surface area contributed by atoms with E-state index in [0.29, 0.717) is 25.6 Å². The number of hydrogen-bond acceptors (Lipinski definition) is 4. The van der Waals surface area contributed by atoms with Crippen molar-refractivity contribution in [2.75, 3.05) is 19.8 Å². The van der Waals surface area contributed by atoms with E-state index in [9.17, 15) is 4.79 Å². The van der Waals surface area contributed by atoms with Crippen LogP contribution < -0.4 is 4.74 Å². The second-order valence-corrected chi connectivity index (χ2v) is 6.55. The van der Waals surface area contributed by atoms with Gasteiger partial charge in [-0.25, -0.2) is 4.98 Å². The number of carbonyl (C=O) groups is 1. The van der Waals surface area contributed by atoms with Crippen molar-refractivity contribution in [1.82, 2.24) is 9.88 Å². The van der Waals surface area contributed by atoms with Crippen LogP contribution in [0.4, 0.5) is 0 Å². The summed E-state index contributed by atoms with van der Waals surface area (Å²) in [5.74, 6) is 1.02. The van der Waals surface area contributed by atoms with E-state index in [1.54, 1.807) is 6.20 Å². The van der Waals surface area contributed by atoms with E-state index in [4.69, 9.17) is 9.47 Å². The SMILES string of the molecule is O=C(C1CC1)N1CCO[C@@H](COc2ccccn2)[C@@H]1c1ccccc1. The molecule has 0 spiro atoms. The number of amides is 1. The van der Waals surface area contributed by atoms with Gasteiger partial charge in [0.2, 0.25) is 11.8 Å². The number of nitrogens with zero attached hydrogens (tertiary/aromatic N) is 2. The maximum absolute atomic E-state index is 12.8. The van der Waals surface area contributed by atoms with Crippen molar-refractivity contribution in [3.05, 3.63) is 60.3 Å². The van der Waals surface area contributed by atoms with Crippen LogP contribution in [0.3, 0.4) is 0 Å². The lowest BCUT2D eigenvalue weighted by molar-refractivity contribution is -0.150. The molecule has 1 saturated carbocycles. The number of carbonyl (C=O) groups excluding carboxylic acids is 1. The largest absolute Gasteiger partial charge is 0.475 e. The van der Waals surface area contributed by atoms with Gasteiger partial charge in [0, 0.05) is 24.7 Å². The second-order valence-electron chi connectivity index (χ2n) is 6.55. The fourth-order valence-electron chi connectivity index (χ4n) is 3.33. The van der Waals surface area contributed by atoms with E-state index in [2.05, 4.69) is 17.1 Å². The van der Waals surface area contributed by atoms with Gasteiger partial charge < -0.3 is 14.4 Å². The highest BCUT2D eigenvalue weighted by atomic mass is 16.5. The Labute approximate surface area is 147 Å². The molecule has 1 aliphatic carbocycles. The van der Waals surface area contributed by atoms with Crippen LogP contribution in [0.15, 0.2) is 54.7 Å². The fourth-order valence-corrected chi connectivity index (χ4v) is 3.33. The highest BCUT2D eigenvalue weighted by molar-refractivity contribution is 5.81. The minimum Gasteiger partial charge on any atom is -0.475 e. The van der Waals surface area contributed by atoms with E-state index in [1.807, 2.05) is 41.3 Å². The number of benzene rings is 1. The maximum Gasteiger partial charge on any atom is 0.226 e. The molecular formula is C20H22N2O3. The van der Waals surface area contributed by atoms with Gasteiger partial charge in [-0.15, -0.1) is 0 Å². The van der Waals surface area contributed by atoms with E-state index >= 15 is 0 Å². The summed E-state index contributed by atoms with van der Waals surface area (Å²) < 4.78 is 11.8. The summed E-state index contributed by atoms with van der Waals surface area (Å²) in [6.07, 6.45) is 3.51. The zero-order valence-corrected chi connectivity index (χ0v) is 14.1. The zero-order chi connectivity index (χ0) is 17.1. The van der Waals surface area contributed by atoms with Gasteiger partial charge in [-0.1, -0.05) is 36.4 Å². The van der Waals surface area contributed by atoms with Crippen LogP contribution in [0.1, 0.15) is 24.4 Å². The van der Waals surface area contributed by atoms with Crippen molar-refractivity contribution in [3.8, 4) is 5.88 Å². The molecule has 5 nitrogen and oxygen atoms in total. The van der Waals surface area contributed by atoms with E-state index in [1.165, 1.54) is 0 Å². The Bertz CT molecular complexity index is 703. The summed E-state index contributed by atoms with van der Waals surface area (Å²) in [5.41, 5.74) is 1.09. The molecule has 1 aromatic heterocycles. The van der Waals surface area contributed by atoms with Gasteiger partial charge in [-0.05, 0) is 24.5 Å². The Morgan fingerprint density at radius 2 is 1.96 bits per heavy atom. The van der Waals surface area contributed by atoms with Crippen LogP contribution in [-0.4, -0.2) is 41.7 Å². The van der Waals surface area contributed by atoms with Crippen molar-refractivity contribution in [3.63, 3.8) is 0 Å². The van der Waals surface area contributed by atoms with Gasteiger partial charge in [0.25, 0.3) is 0 Å². The number of pyridine rings is 1. The minimum atomic E-state index is -0.208. The molecule has 130 valence electrons. The summed E-state index contributed by atoms with van der Waals surface area (Å²) in [4.78, 5) is 19.0. The molecule has 4 rings (SSSR count). The molecule has 1 saturated heterocycles. The fraction of sp³-hybridized carbons (Fsp3) is 0.400. The first kappa shape index (κ1) is 16.1. The third kappa shape index (κ3) is 3.66. The van der Waals surface area contributed by atoms with Crippen LogP contribution >= 0.6 is 0 Å². The summed E-state index contributed by atoms with van der Waals surface area (Å²) in [6.45, 7) is 1.54. The number of rotatable bonds is 5. The lowest BCUT2D eigenvalue weighted by Crippen LogP contribution is -2.50. The molecule has 0 N–H and O–H groups in total. The molecule has 1 aliphatic heterocycles. The molecule has 2 aliphatic rings. The lowest BCUT2D eigenvalue weighted by atomic mass is 9.97. The van der Waals surface area contributed by atoms with Crippen molar-refractivity contribution in [1.29, 1.82) is 0 Å². The monoisotopic (exact) mass is 338 g/mol. The summed E-state index contributed by atoms with van der Waals surface area (Å²) in [7, 11) is 0. The molecule has 2 atom stereocenters. The van der Waals surface area contributed by atoms with Gasteiger partial charge in [0.05, 0.1) is 12.6 Å². The maximum atomic E-state index is 12.8. The number of hydrogen-bond donors (Lipinski definition) is 0. The predicted octanol–water partition coefficient (Wildman–Crippen LogP) is 2.84. The third-order valence-electron chi connectivity index (χ3n) is 4.74. The predicted molar refractivity (Wildman–Crippen MR) is 93.1 cm³/mol. The van der Waals surface area contributed by atoms with E-state index in [-0.39, 0.29) is 24.0 Å². The van der Waals surface area contributed by atoms with E-state index in [0.717, 1.165) is 18.4 Å². The highest BCUT2D eigenvalue weighted by Gasteiger charge is 2.42. The highest BCUT2D eigenvalue weighted by Crippen LogP contribution is 2.37. The summed E-state index contributed by atoms with van der Waals surface area (Å²) in [6, 6.07) is 15.6. The van der Waals surface area contributed by atoms with Crippen LogP contribution in [0.5, 0.6) is 5.88 Å². The smallest absolute Gasteiger partial charge is 0.226 e. The molecule has 1 aromatic carbocycles. The molecule has 0 bridgehead atoms. The minimum absolute atomic E-state index is 0.119. The van der Waals surface area contributed by atoms with Crippen LogP contribution in [0.2, 0.25) is 0 Å². The van der Waals surface area contributed by atoms with Crippen molar-refractivity contribution in [2.24, 2.45) is 5.92 Å². The Hall–Kier alpha value is -2.40. The van der Waals surface area contributed by atoms with Gasteiger partial charge in [-0.3, -0.25) is 4.79 Å². The molecule has 0 radical (unpaired) electrons. The molecular weight excluding hydrogens is 316 g/mol. The Morgan fingerprint density at radius 1 is 1.16 bits per heavy atom. The molecule has 2 heterocycles. The van der Waals surface area contributed by atoms with Crippen LogP contribution in [-0.2, 0) is 9.53 Å². The lowest BCUT2D eigenvalue weighted by Gasteiger charge is -2.41. The second kappa shape index (κ2) is 7.23. The van der Waals surface area contributed by atoms with Crippen LogP contribution in [0.25, 0.3) is 0 Å². The Morgan fingerprint density at radius 3 is 2.68 bits per heavy atom. The van der Waals surface area contributed by atoms with Gasteiger partial charge in [0.1, 0.15) is 12.7 Å². The van der Waals surface area contributed by atoms with Crippen molar-refractivity contribution >= 4 is 5.91 Å². The molecule has 5 heteroatoms. The first-order chi connectivity index (χ1) is 12.3. The number of morpholine rings is 1. The topological polar surface area (TPSA) is 51.7 Å². The molecule has 2 aromatic rings. The first-order valence-electron chi connectivity index (χ1n) is 8.84. The van der Waals surface area contributed by atoms with Gasteiger partial charge in [-0.2, -0.15) is 0 Å². The average molecular weight is 338 g/mol. The van der Waals surface area contributed by atoms with Gasteiger partial charge >= 0.3 is 0 Å². The standard InChI is InChI=1S/C20H22N2O3/c23-20(16-9-10-16)22-12-13-24-17(14-25-18-8-4-5-11-21-18)19(22)15-6-2-1-3-7-15/h1-8,11,16-17,19H,9-10,12-14H2/t17-,19-/m0/s1. The molecule has 2 fully saturated rings. The number of ether oxygens (including phenoxy) is 2. The summed E-state index contributed by atoms with van der Waals surface area (Å²) in [5, 5.41) is 0. The van der Waals surface area contributed by atoms with E-state index < -0.39 is 0 Å². The third-order valence-corrected chi connectivity index (χ3v) is 4.74. The van der Waals surface area contributed by atoms with Crippen LogP contribution in [0, 0.1) is 5.92 Å². The zero-order valence-electron chi connectivity index (χ0n) is 14.1. The Kier molecular flexibility index (Phi) is 4.65. The Balaban J connectivity index is 1.55. The van der Waals surface area contributed by atoms with Crippen molar-refractivity contribution in [2.45, 2.75) is 25.0 Å². The number of aromatic nitrogens is 1. The average Bonchev–Trinajstić information content (AvgIpc) is 3.52. The quantitative estimate of drug-likeness (QED) is 0.841. The molecule has 1 amide bonds. The van der Waals surface area contributed by atoms with Crippen molar-refractivity contribution < 1.29 is 14.3 Å².